The lowest BCUT2D eigenvalue weighted by Gasteiger charge is -2.20. The summed E-state index contributed by atoms with van der Waals surface area (Å²) < 4.78 is 7.21. The van der Waals surface area contributed by atoms with Crippen molar-refractivity contribution in [3.8, 4) is 0 Å². The second-order valence-electron chi connectivity index (χ2n) is 4.55. The van der Waals surface area contributed by atoms with Crippen molar-refractivity contribution in [2.24, 2.45) is 0 Å². The molecule has 0 fully saturated rings. The summed E-state index contributed by atoms with van der Waals surface area (Å²) >= 11 is 9.94. The Morgan fingerprint density at radius 2 is 2.09 bits per heavy atom. The monoisotopic (exact) mass is 459 g/mol. The molecule has 0 spiro atoms. The molecule has 0 aliphatic heterocycles. The third-order valence-electron chi connectivity index (χ3n) is 3.00. The highest BCUT2D eigenvalue weighted by molar-refractivity contribution is 9.13. The second-order valence-corrected chi connectivity index (χ2v) is 8.81. The summed E-state index contributed by atoms with van der Waals surface area (Å²) in [5.74, 6) is 0.779. The minimum absolute atomic E-state index is 0.00111. The zero-order chi connectivity index (χ0) is 15.5. The van der Waals surface area contributed by atoms with Crippen molar-refractivity contribution in [3.05, 3.63) is 65.7 Å². The SMILES string of the molecule is O=C(c1cc(Br)c(Br)s1)N(Cc1ccco1)Cc1cccs1. The van der Waals surface area contributed by atoms with Crippen LogP contribution in [0.2, 0.25) is 0 Å². The van der Waals surface area contributed by atoms with Crippen LogP contribution in [0.3, 0.4) is 0 Å². The third-order valence-corrected chi connectivity index (χ3v) is 7.10. The fourth-order valence-electron chi connectivity index (χ4n) is 1.99. The van der Waals surface area contributed by atoms with Crippen molar-refractivity contribution < 1.29 is 9.21 Å². The highest BCUT2D eigenvalue weighted by atomic mass is 79.9. The van der Waals surface area contributed by atoms with Crippen molar-refractivity contribution in [2.75, 3.05) is 0 Å². The molecule has 0 atom stereocenters. The first kappa shape index (κ1) is 16.0. The quantitative estimate of drug-likeness (QED) is 0.484. The fourth-order valence-corrected chi connectivity index (χ4v) is 4.71. The predicted molar refractivity (Wildman–Crippen MR) is 96.3 cm³/mol. The molecule has 3 aromatic heterocycles. The molecule has 3 aromatic rings. The van der Waals surface area contributed by atoms with Gasteiger partial charge in [-0.05, 0) is 61.5 Å². The number of thiophene rings is 2. The van der Waals surface area contributed by atoms with Gasteiger partial charge in [-0.2, -0.15) is 0 Å². The topological polar surface area (TPSA) is 33.5 Å². The normalized spacial score (nSPS) is 10.8. The highest BCUT2D eigenvalue weighted by Crippen LogP contribution is 2.33. The molecule has 0 saturated heterocycles. The van der Waals surface area contributed by atoms with Gasteiger partial charge in [-0.1, -0.05) is 6.07 Å². The van der Waals surface area contributed by atoms with E-state index in [0.717, 1.165) is 18.9 Å². The summed E-state index contributed by atoms with van der Waals surface area (Å²) in [6, 6.07) is 9.60. The maximum Gasteiger partial charge on any atom is 0.264 e. The number of hydrogen-bond acceptors (Lipinski definition) is 4. The van der Waals surface area contributed by atoms with Gasteiger partial charge in [0, 0.05) is 9.35 Å². The molecule has 3 rings (SSSR count). The van der Waals surface area contributed by atoms with E-state index >= 15 is 0 Å². The third kappa shape index (κ3) is 3.71. The number of nitrogens with zero attached hydrogens (tertiary/aromatic N) is 1. The molecule has 0 aromatic carbocycles. The van der Waals surface area contributed by atoms with E-state index in [1.54, 1.807) is 22.5 Å². The molecule has 0 radical (unpaired) electrons. The van der Waals surface area contributed by atoms with E-state index in [0.29, 0.717) is 18.0 Å². The molecule has 0 bridgehead atoms. The molecule has 1 amide bonds. The number of carbonyl (C=O) groups excluding carboxylic acids is 1. The Morgan fingerprint density at radius 3 is 2.68 bits per heavy atom. The molecule has 114 valence electrons. The molecule has 0 unspecified atom stereocenters. The van der Waals surface area contributed by atoms with Gasteiger partial charge >= 0.3 is 0 Å². The van der Waals surface area contributed by atoms with Crippen LogP contribution >= 0.6 is 54.5 Å². The first-order chi connectivity index (χ1) is 10.6. The van der Waals surface area contributed by atoms with Crippen LogP contribution in [0.15, 0.2) is 54.7 Å². The van der Waals surface area contributed by atoms with E-state index < -0.39 is 0 Å². The van der Waals surface area contributed by atoms with Gasteiger partial charge in [0.2, 0.25) is 0 Å². The number of halogens is 2. The Kier molecular flexibility index (Phi) is 5.18. The van der Waals surface area contributed by atoms with E-state index in [2.05, 4.69) is 31.9 Å². The minimum Gasteiger partial charge on any atom is -0.467 e. The Morgan fingerprint density at radius 1 is 1.23 bits per heavy atom. The largest absolute Gasteiger partial charge is 0.467 e. The summed E-state index contributed by atoms with van der Waals surface area (Å²) in [5.41, 5.74) is 0. The summed E-state index contributed by atoms with van der Waals surface area (Å²) in [5, 5.41) is 2.02. The lowest BCUT2D eigenvalue weighted by Crippen LogP contribution is -2.29. The molecular formula is C15H11Br2NO2S2. The van der Waals surface area contributed by atoms with Gasteiger partial charge in [0.1, 0.15) is 5.76 Å². The first-order valence-corrected chi connectivity index (χ1v) is 9.70. The molecule has 7 heteroatoms. The maximum atomic E-state index is 12.8. The zero-order valence-corrected chi connectivity index (χ0v) is 16.1. The van der Waals surface area contributed by atoms with Crippen LogP contribution in [-0.2, 0) is 13.1 Å². The molecule has 0 N–H and O–H groups in total. The fraction of sp³-hybridized carbons (Fsp3) is 0.133. The number of hydrogen-bond donors (Lipinski definition) is 0. The number of amides is 1. The predicted octanol–water partition coefficient (Wildman–Crippen LogP) is 5.77. The van der Waals surface area contributed by atoms with Crippen molar-refractivity contribution in [1.29, 1.82) is 0 Å². The molecular weight excluding hydrogens is 450 g/mol. The average Bonchev–Trinajstić information content (AvgIpc) is 3.22. The smallest absolute Gasteiger partial charge is 0.264 e. The van der Waals surface area contributed by atoms with Gasteiger partial charge in [0.25, 0.3) is 5.91 Å². The van der Waals surface area contributed by atoms with Gasteiger partial charge in [-0.25, -0.2) is 0 Å². The minimum atomic E-state index is 0.00111. The van der Waals surface area contributed by atoms with Crippen LogP contribution in [0.1, 0.15) is 20.3 Å². The zero-order valence-electron chi connectivity index (χ0n) is 11.3. The molecule has 3 nitrogen and oxygen atoms in total. The van der Waals surface area contributed by atoms with Crippen LogP contribution in [0.5, 0.6) is 0 Å². The standard InChI is InChI=1S/C15H11Br2NO2S2/c16-12-7-13(22-14(12)17)15(19)18(8-10-3-1-5-20-10)9-11-4-2-6-21-11/h1-7H,8-9H2. The Hall–Kier alpha value is -0.890. The lowest BCUT2D eigenvalue weighted by atomic mass is 10.3. The second kappa shape index (κ2) is 7.12. The van der Waals surface area contributed by atoms with E-state index in [1.807, 2.05) is 35.7 Å². The Bertz CT molecular complexity index is 695. The molecule has 0 saturated carbocycles. The summed E-state index contributed by atoms with van der Waals surface area (Å²) in [7, 11) is 0. The lowest BCUT2D eigenvalue weighted by molar-refractivity contribution is 0.0724. The van der Waals surface area contributed by atoms with E-state index in [1.165, 1.54) is 11.3 Å². The average molecular weight is 461 g/mol. The van der Waals surface area contributed by atoms with E-state index in [9.17, 15) is 4.79 Å². The van der Waals surface area contributed by atoms with Crippen LogP contribution in [0.4, 0.5) is 0 Å². The Balaban J connectivity index is 1.84. The Labute approximate surface area is 152 Å². The van der Waals surface area contributed by atoms with Crippen molar-refractivity contribution in [2.45, 2.75) is 13.1 Å². The van der Waals surface area contributed by atoms with E-state index in [-0.39, 0.29) is 5.91 Å². The van der Waals surface area contributed by atoms with Gasteiger partial charge in [-0.3, -0.25) is 4.79 Å². The van der Waals surface area contributed by atoms with Gasteiger partial charge < -0.3 is 9.32 Å². The summed E-state index contributed by atoms with van der Waals surface area (Å²) in [6.45, 7) is 1.03. The van der Waals surface area contributed by atoms with Crippen molar-refractivity contribution >= 4 is 60.4 Å². The van der Waals surface area contributed by atoms with Gasteiger partial charge in [0.15, 0.2) is 0 Å². The number of furan rings is 1. The molecule has 22 heavy (non-hydrogen) atoms. The summed E-state index contributed by atoms with van der Waals surface area (Å²) in [4.78, 5) is 16.5. The summed E-state index contributed by atoms with van der Waals surface area (Å²) in [6.07, 6.45) is 1.63. The number of rotatable bonds is 5. The van der Waals surface area contributed by atoms with Crippen LogP contribution in [0, 0.1) is 0 Å². The van der Waals surface area contributed by atoms with Gasteiger partial charge in [0.05, 0.1) is 28.0 Å². The highest BCUT2D eigenvalue weighted by Gasteiger charge is 2.21. The van der Waals surface area contributed by atoms with E-state index in [4.69, 9.17) is 4.42 Å². The van der Waals surface area contributed by atoms with Crippen molar-refractivity contribution in [1.82, 2.24) is 4.90 Å². The number of carbonyl (C=O) groups is 1. The molecule has 0 aliphatic carbocycles. The maximum absolute atomic E-state index is 12.8. The molecule has 0 aliphatic rings. The van der Waals surface area contributed by atoms with Crippen LogP contribution in [-0.4, -0.2) is 10.8 Å². The van der Waals surface area contributed by atoms with Gasteiger partial charge in [-0.15, -0.1) is 22.7 Å². The molecule has 3 heterocycles. The van der Waals surface area contributed by atoms with Crippen molar-refractivity contribution in [3.63, 3.8) is 0 Å². The first-order valence-electron chi connectivity index (χ1n) is 6.42. The van der Waals surface area contributed by atoms with Crippen LogP contribution < -0.4 is 0 Å². The van der Waals surface area contributed by atoms with Crippen LogP contribution in [0.25, 0.3) is 0 Å².